The van der Waals surface area contributed by atoms with Crippen molar-refractivity contribution in [2.45, 2.75) is 12.2 Å². The fourth-order valence-electron chi connectivity index (χ4n) is 2.43. The zero-order chi connectivity index (χ0) is 25.4. The molecule has 0 heterocycles. The summed E-state index contributed by atoms with van der Waals surface area (Å²) in [7, 11) is 0. The van der Waals surface area contributed by atoms with Gasteiger partial charge in [0.25, 0.3) is 10.2 Å². The number of nitrogens with zero attached hydrogens (tertiary/aromatic N) is 2. The van der Waals surface area contributed by atoms with Crippen LogP contribution in [-0.2, 0) is 19.3 Å². The number of para-hydroxylation sites is 2. The highest BCUT2D eigenvalue weighted by atomic mass is 17.0. The Bertz CT molecular complexity index is 1060. The van der Waals surface area contributed by atoms with Gasteiger partial charge in [-0.2, -0.15) is 0 Å². The van der Waals surface area contributed by atoms with E-state index in [-0.39, 0.29) is 0 Å². The van der Waals surface area contributed by atoms with Crippen molar-refractivity contribution in [2.24, 2.45) is 0 Å². The molecule has 2 N–H and O–H groups in total. The highest BCUT2D eigenvalue weighted by Gasteiger charge is 2.44. The first-order chi connectivity index (χ1) is 16.0. The molecule has 0 saturated carbocycles. The molecule has 2 aromatic rings. The summed E-state index contributed by atoms with van der Waals surface area (Å²) in [4.78, 5) is 77.4. The third kappa shape index (κ3) is 6.36. The SMILES string of the molecule is O=C(O)c1ccccc1OC(=O)C(O[N+](=O)[O-])C(O[N+](=O)[O-])C(=O)Oc1ccccc1C(=O)O. The van der Waals surface area contributed by atoms with E-state index in [1.54, 1.807) is 0 Å². The van der Waals surface area contributed by atoms with E-state index in [1.807, 2.05) is 0 Å². The molecule has 34 heavy (non-hydrogen) atoms. The number of carbonyl (C=O) groups is 4. The number of carbonyl (C=O) groups excluding carboxylic acids is 2. The lowest BCUT2D eigenvalue weighted by atomic mass is 10.1. The average molecular weight is 480 g/mol. The normalized spacial score (nSPS) is 11.9. The predicted octanol–water partition coefficient (Wildman–Crippen LogP) is 0.748. The maximum absolute atomic E-state index is 12.5. The van der Waals surface area contributed by atoms with E-state index < -0.39 is 68.9 Å². The van der Waals surface area contributed by atoms with Crippen molar-refractivity contribution < 1.29 is 58.7 Å². The molecule has 0 amide bonds. The number of esters is 2. The molecule has 16 heteroatoms. The summed E-state index contributed by atoms with van der Waals surface area (Å²) >= 11 is 0. The lowest BCUT2D eigenvalue weighted by molar-refractivity contribution is -0.792. The number of carboxylic acids is 2. The maximum atomic E-state index is 12.5. The van der Waals surface area contributed by atoms with Gasteiger partial charge in [0.05, 0.1) is 0 Å². The van der Waals surface area contributed by atoms with Crippen LogP contribution in [0.15, 0.2) is 48.5 Å². The average Bonchev–Trinajstić information content (AvgIpc) is 2.76. The van der Waals surface area contributed by atoms with E-state index in [2.05, 4.69) is 9.68 Å². The number of rotatable bonds is 11. The molecule has 0 bridgehead atoms. The van der Waals surface area contributed by atoms with Crippen molar-refractivity contribution in [2.75, 3.05) is 0 Å². The van der Waals surface area contributed by atoms with Gasteiger partial charge in [0.2, 0.25) is 12.2 Å². The van der Waals surface area contributed by atoms with Crippen LogP contribution in [0.1, 0.15) is 20.7 Å². The van der Waals surface area contributed by atoms with Crippen molar-refractivity contribution in [3.63, 3.8) is 0 Å². The topological polar surface area (TPSA) is 232 Å². The Labute approximate surface area is 187 Å². The van der Waals surface area contributed by atoms with Gasteiger partial charge in [-0.1, -0.05) is 24.3 Å². The lowest BCUT2D eigenvalue weighted by Gasteiger charge is -2.21. The number of ether oxygens (including phenoxy) is 2. The minimum atomic E-state index is -2.79. The van der Waals surface area contributed by atoms with Crippen LogP contribution in [0.25, 0.3) is 0 Å². The van der Waals surface area contributed by atoms with E-state index in [1.165, 1.54) is 24.3 Å². The smallest absolute Gasteiger partial charge is 0.343 e. The zero-order valence-corrected chi connectivity index (χ0v) is 16.5. The summed E-state index contributed by atoms with van der Waals surface area (Å²) in [5.41, 5.74) is -1.14. The Kier molecular flexibility index (Phi) is 7.97. The quantitative estimate of drug-likeness (QED) is 0.195. The van der Waals surface area contributed by atoms with Gasteiger partial charge in [-0.25, -0.2) is 19.2 Å². The molecule has 2 atom stereocenters. The molecule has 2 rings (SSSR count). The second-order valence-electron chi connectivity index (χ2n) is 5.94. The summed E-state index contributed by atoms with van der Waals surface area (Å²) in [5.74, 6) is -8.06. The molecule has 178 valence electrons. The van der Waals surface area contributed by atoms with Gasteiger partial charge in [0, 0.05) is 0 Å². The van der Waals surface area contributed by atoms with Crippen LogP contribution in [0.4, 0.5) is 0 Å². The molecule has 0 fully saturated rings. The minimum Gasteiger partial charge on any atom is -0.478 e. The molecular formula is C18H12N2O14. The van der Waals surface area contributed by atoms with E-state index >= 15 is 0 Å². The van der Waals surface area contributed by atoms with Crippen LogP contribution >= 0.6 is 0 Å². The van der Waals surface area contributed by atoms with Gasteiger partial charge in [-0.05, 0) is 24.3 Å². The van der Waals surface area contributed by atoms with E-state index in [0.717, 1.165) is 24.3 Å². The van der Waals surface area contributed by atoms with E-state index in [0.29, 0.717) is 0 Å². The number of carboxylic acid groups (broad SMARTS) is 2. The van der Waals surface area contributed by atoms with Crippen LogP contribution in [0, 0.1) is 20.2 Å². The van der Waals surface area contributed by atoms with Gasteiger partial charge in [0.15, 0.2) is 0 Å². The second-order valence-corrected chi connectivity index (χ2v) is 5.94. The van der Waals surface area contributed by atoms with Gasteiger partial charge < -0.3 is 19.7 Å². The van der Waals surface area contributed by atoms with Crippen molar-refractivity contribution in [3.8, 4) is 11.5 Å². The molecule has 2 unspecified atom stereocenters. The number of benzene rings is 2. The Morgan fingerprint density at radius 3 is 1.29 bits per heavy atom. The molecule has 0 saturated heterocycles. The molecule has 0 radical (unpaired) electrons. The fourth-order valence-corrected chi connectivity index (χ4v) is 2.43. The lowest BCUT2D eigenvalue weighted by Crippen LogP contribution is -2.49. The summed E-state index contributed by atoms with van der Waals surface area (Å²) in [6, 6.07) is 8.99. The first-order valence-corrected chi connectivity index (χ1v) is 8.71. The predicted molar refractivity (Wildman–Crippen MR) is 102 cm³/mol. The van der Waals surface area contributed by atoms with Crippen molar-refractivity contribution in [3.05, 3.63) is 79.9 Å². The van der Waals surface area contributed by atoms with Crippen LogP contribution in [0.5, 0.6) is 11.5 Å². The van der Waals surface area contributed by atoms with Gasteiger partial charge in [-0.3, -0.25) is 9.68 Å². The molecule has 0 aromatic heterocycles. The van der Waals surface area contributed by atoms with Crippen LogP contribution in [-0.4, -0.2) is 56.5 Å². The Morgan fingerprint density at radius 2 is 1.00 bits per heavy atom. The van der Waals surface area contributed by atoms with Gasteiger partial charge >= 0.3 is 23.9 Å². The number of hydrogen-bond donors (Lipinski definition) is 2. The standard InChI is InChI=1S/C18H12N2O14/c21-15(22)9-5-1-3-7-11(9)31-17(25)13(33-19(27)28)14(34-20(29)30)18(26)32-12-8-4-2-6-10(12)16(23)24/h1-8,13-14H,(H,21,22)(H,23,24). The molecule has 0 aliphatic rings. The Morgan fingerprint density at radius 1 is 0.676 bits per heavy atom. The highest BCUT2D eigenvalue weighted by molar-refractivity contribution is 5.94. The molecule has 0 spiro atoms. The van der Waals surface area contributed by atoms with Crippen molar-refractivity contribution in [1.82, 2.24) is 0 Å². The van der Waals surface area contributed by atoms with Gasteiger partial charge in [-0.15, -0.1) is 20.2 Å². The minimum absolute atomic E-state index is 0.569. The first kappa shape index (κ1) is 25.0. The fraction of sp³-hybridized carbons (Fsp3) is 0.111. The first-order valence-electron chi connectivity index (χ1n) is 8.71. The van der Waals surface area contributed by atoms with E-state index in [9.17, 15) is 39.4 Å². The van der Waals surface area contributed by atoms with Crippen LogP contribution in [0.3, 0.4) is 0 Å². The zero-order valence-electron chi connectivity index (χ0n) is 16.5. The summed E-state index contributed by atoms with van der Waals surface area (Å²) in [6.07, 6.45) is -5.57. The summed E-state index contributed by atoms with van der Waals surface area (Å²) in [6.45, 7) is 0. The molecule has 2 aromatic carbocycles. The highest BCUT2D eigenvalue weighted by Crippen LogP contribution is 2.22. The third-order valence-corrected chi connectivity index (χ3v) is 3.79. The summed E-state index contributed by atoms with van der Waals surface area (Å²) in [5, 5.41) is 36.9. The number of aromatic carboxylic acids is 2. The van der Waals surface area contributed by atoms with Crippen molar-refractivity contribution >= 4 is 23.9 Å². The van der Waals surface area contributed by atoms with E-state index in [4.69, 9.17) is 19.7 Å². The number of hydrogen-bond acceptors (Lipinski definition) is 12. The van der Waals surface area contributed by atoms with Crippen LogP contribution in [0.2, 0.25) is 0 Å². The van der Waals surface area contributed by atoms with Gasteiger partial charge in [0.1, 0.15) is 22.6 Å². The van der Waals surface area contributed by atoms with Crippen molar-refractivity contribution in [1.29, 1.82) is 0 Å². The summed E-state index contributed by atoms with van der Waals surface area (Å²) < 4.78 is 9.48. The molecular weight excluding hydrogens is 468 g/mol. The molecule has 16 nitrogen and oxygen atoms in total. The molecule has 0 aliphatic heterocycles. The monoisotopic (exact) mass is 480 g/mol. The third-order valence-electron chi connectivity index (χ3n) is 3.79. The maximum Gasteiger partial charge on any atom is 0.343 e. The second kappa shape index (κ2) is 10.8. The largest absolute Gasteiger partial charge is 0.478 e. The molecule has 0 aliphatic carbocycles. The Hall–Kier alpha value is -5.28. The van der Waals surface area contributed by atoms with Crippen LogP contribution < -0.4 is 9.47 Å². The Balaban J connectivity index is 2.42.